The highest BCUT2D eigenvalue weighted by Gasteiger charge is 2.43. The van der Waals surface area contributed by atoms with E-state index in [0.717, 1.165) is 5.56 Å². The van der Waals surface area contributed by atoms with Crippen LogP contribution in [0.25, 0.3) is 5.70 Å². The number of phenolic OH excluding ortho intramolecular Hbond substituents is 1. The predicted molar refractivity (Wildman–Crippen MR) is 117 cm³/mol. The number of ether oxygens (including phenoxy) is 2. The number of nitrogens with one attached hydrogen (secondary N) is 1. The summed E-state index contributed by atoms with van der Waals surface area (Å²) in [6, 6.07) is 10.8. The van der Waals surface area contributed by atoms with Crippen LogP contribution in [0, 0.1) is 0 Å². The normalized spacial score (nSPS) is 17.1. The number of hydrogen-bond donors (Lipinski definition) is 2. The van der Waals surface area contributed by atoms with Gasteiger partial charge in [0.25, 0.3) is 0 Å². The number of fused-ring (bicyclic) bond motifs is 2. The van der Waals surface area contributed by atoms with Gasteiger partial charge in [-0.25, -0.2) is 4.79 Å². The second-order valence-electron chi connectivity index (χ2n) is 7.48. The molecule has 2 N–H and O–H groups in total. The molecule has 2 aromatic carbocycles. The lowest BCUT2D eigenvalue weighted by Gasteiger charge is -2.29. The van der Waals surface area contributed by atoms with Gasteiger partial charge in [-0.1, -0.05) is 36.4 Å². The number of benzene rings is 2. The molecule has 6 heteroatoms. The number of rotatable bonds is 5. The Morgan fingerprint density at radius 2 is 1.94 bits per heavy atom. The molecule has 1 heterocycles. The Balaban J connectivity index is 2.00. The fourth-order valence-electron chi connectivity index (χ4n) is 4.37. The summed E-state index contributed by atoms with van der Waals surface area (Å²) in [5.74, 6) is -1.07. The van der Waals surface area contributed by atoms with Crippen LogP contribution in [0.1, 0.15) is 39.9 Å². The monoisotopic (exact) mass is 417 g/mol. The second kappa shape index (κ2) is 7.80. The molecule has 0 saturated carbocycles. The molecule has 0 aromatic heterocycles. The highest BCUT2D eigenvalue weighted by molar-refractivity contribution is 6.23. The molecule has 2 aromatic rings. The molecule has 0 amide bonds. The number of methoxy groups -OCH3 is 2. The minimum absolute atomic E-state index is 0.00985. The van der Waals surface area contributed by atoms with Crippen molar-refractivity contribution in [3.8, 4) is 11.5 Å². The zero-order valence-corrected chi connectivity index (χ0v) is 17.6. The molecule has 0 spiro atoms. The van der Waals surface area contributed by atoms with Crippen LogP contribution in [0.15, 0.2) is 65.9 Å². The first kappa shape index (κ1) is 20.5. The van der Waals surface area contributed by atoms with E-state index in [0.29, 0.717) is 45.7 Å². The van der Waals surface area contributed by atoms with Gasteiger partial charge in [0.15, 0.2) is 17.3 Å². The Morgan fingerprint density at radius 3 is 2.58 bits per heavy atom. The standard InChI is InChI=1S/C25H23NO5/c1-5-8-14-11-15(12-18(30-3)23(14)27)20-19(25(29)31-4)13(2)26-22-16-9-6-7-10-17(16)24(28)21(20)22/h5-7,9-12,20,26-27H,1,8H2,2-4H3/t20-/m0/s1. The van der Waals surface area contributed by atoms with E-state index in [-0.39, 0.29) is 17.3 Å². The van der Waals surface area contributed by atoms with Crippen molar-refractivity contribution in [3.63, 3.8) is 0 Å². The van der Waals surface area contributed by atoms with Gasteiger partial charge in [0.1, 0.15) is 0 Å². The lowest BCUT2D eigenvalue weighted by Crippen LogP contribution is -2.29. The third-order valence-corrected chi connectivity index (χ3v) is 5.75. The second-order valence-corrected chi connectivity index (χ2v) is 7.48. The van der Waals surface area contributed by atoms with Crippen molar-refractivity contribution in [3.05, 3.63) is 88.2 Å². The maximum Gasteiger partial charge on any atom is 0.336 e. The van der Waals surface area contributed by atoms with Gasteiger partial charge in [0.05, 0.1) is 25.5 Å². The number of phenols is 1. The van der Waals surface area contributed by atoms with Gasteiger partial charge in [-0.15, -0.1) is 6.58 Å². The fourth-order valence-corrected chi connectivity index (χ4v) is 4.37. The predicted octanol–water partition coefficient (Wildman–Crippen LogP) is 3.87. The smallest absolute Gasteiger partial charge is 0.336 e. The van der Waals surface area contributed by atoms with Crippen molar-refractivity contribution in [2.24, 2.45) is 0 Å². The topological polar surface area (TPSA) is 84.9 Å². The largest absolute Gasteiger partial charge is 0.504 e. The number of carbonyl (C=O) groups is 2. The van der Waals surface area contributed by atoms with Crippen LogP contribution in [0.2, 0.25) is 0 Å². The molecule has 4 rings (SSSR count). The molecule has 158 valence electrons. The van der Waals surface area contributed by atoms with E-state index in [9.17, 15) is 14.7 Å². The van der Waals surface area contributed by atoms with Crippen LogP contribution >= 0.6 is 0 Å². The summed E-state index contributed by atoms with van der Waals surface area (Å²) in [4.78, 5) is 26.3. The van der Waals surface area contributed by atoms with Gasteiger partial charge in [-0.3, -0.25) is 4.79 Å². The Hall–Kier alpha value is -3.80. The van der Waals surface area contributed by atoms with Crippen molar-refractivity contribution >= 4 is 17.4 Å². The van der Waals surface area contributed by atoms with Crippen LogP contribution < -0.4 is 10.1 Å². The third-order valence-electron chi connectivity index (χ3n) is 5.75. The van der Waals surface area contributed by atoms with Gasteiger partial charge in [-0.2, -0.15) is 0 Å². The number of Topliss-reactive ketones (excluding diaryl/α,β-unsaturated/α-hetero) is 1. The SMILES string of the molecule is C=CCc1cc([C@H]2C(C(=O)OC)=C(C)NC3=C2C(=O)c2ccccc23)cc(OC)c1O. The van der Waals surface area contributed by atoms with E-state index in [2.05, 4.69) is 11.9 Å². The molecule has 2 aliphatic rings. The summed E-state index contributed by atoms with van der Waals surface area (Å²) in [7, 11) is 2.78. The fraction of sp³-hybridized carbons (Fsp3) is 0.200. The van der Waals surface area contributed by atoms with Crippen LogP contribution in [0.4, 0.5) is 0 Å². The number of allylic oxidation sites excluding steroid dienone is 3. The van der Waals surface area contributed by atoms with Crippen molar-refractivity contribution in [1.29, 1.82) is 0 Å². The van der Waals surface area contributed by atoms with E-state index in [1.165, 1.54) is 14.2 Å². The number of hydrogen-bond acceptors (Lipinski definition) is 6. The van der Waals surface area contributed by atoms with Crippen molar-refractivity contribution in [2.45, 2.75) is 19.3 Å². The first-order valence-corrected chi connectivity index (χ1v) is 9.87. The van der Waals surface area contributed by atoms with Gasteiger partial charge in [0, 0.05) is 33.9 Å². The number of ketones is 1. The summed E-state index contributed by atoms with van der Waals surface area (Å²) in [6.45, 7) is 5.54. The molecule has 1 aliphatic heterocycles. The van der Waals surface area contributed by atoms with Crippen LogP contribution in [0.5, 0.6) is 11.5 Å². The van der Waals surface area contributed by atoms with Crippen molar-refractivity contribution < 1.29 is 24.2 Å². The molecule has 0 radical (unpaired) electrons. The first-order valence-electron chi connectivity index (χ1n) is 9.87. The molecule has 1 atom stereocenters. The summed E-state index contributed by atoms with van der Waals surface area (Å²) in [6.07, 6.45) is 2.07. The van der Waals surface area contributed by atoms with Crippen LogP contribution in [-0.2, 0) is 16.0 Å². The highest BCUT2D eigenvalue weighted by Crippen LogP contribution is 2.48. The van der Waals surface area contributed by atoms with Crippen molar-refractivity contribution in [1.82, 2.24) is 5.32 Å². The van der Waals surface area contributed by atoms with E-state index >= 15 is 0 Å². The van der Waals surface area contributed by atoms with Crippen LogP contribution in [-0.4, -0.2) is 31.1 Å². The third kappa shape index (κ3) is 3.11. The molecular weight excluding hydrogens is 394 g/mol. The van der Waals surface area contributed by atoms with Gasteiger partial charge in [0.2, 0.25) is 0 Å². The maximum atomic E-state index is 13.4. The Bertz CT molecular complexity index is 1190. The molecule has 0 saturated heterocycles. The first-order chi connectivity index (χ1) is 14.9. The molecular formula is C25H23NO5. The highest BCUT2D eigenvalue weighted by atomic mass is 16.5. The minimum atomic E-state index is -0.679. The molecule has 1 aliphatic carbocycles. The lowest BCUT2D eigenvalue weighted by atomic mass is 9.79. The number of carbonyl (C=O) groups excluding carboxylic acids is 2. The lowest BCUT2D eigenvalue weighted by molar-refractivity contribution is -0.136. The average Bonchev–Trinajstić information content (AvgIpc) is 3.06. The van der Waals surface area contributed by atoms with E-state index in [1.54, 1.807) is 31.2 Å². The molecule has 0 unspecified atom stereocenters. The maximum absolute atomic E-state index is 13.4. The molecule has 6 nitrogen and oxygen atoms in total. The Labute approximate surface area is 180 Å². The van der Waals surface area contributed by atoms with Gasteiger partial charge in [-0.05, 0) is 25.0 Å². The number of aromatic hydroxyl groups is 1. The molecule has 0 bridgehead atoms. The molecule has 0 fully saturated rings. The van der Waals surface area contributed by atoms with E-state index in [4.69, 9.17) is 9.47 Å². The zero-order valence-electron chi connectivity index (χ0n) is 17.6. The Kier molecular flexibility index (Phi) is 5.15. The number of dihydropyridines is 1. The summed E-state index contributed by atoms with van der Waals surface area (Å²) in [5.41, 5.74) is 4.75. The summed E-state index contributed by atoms with van der Waals surface area (Å²) >= 11 is 0. The minimum Gasteiger partial charge on any atom is -0.504 e. The van der Waals surface area contributed by atoms with E-state index < -0.39 is 11.9 Å². The zero-order chi connectivity index (χ0) is 22.3. The number of esters is 1. The van der Waals surface area contributed by atoms with Gasteiger partial charge >= 0.3 is 5.97 Å². The van der Waals surface area contributed by atoms with Crippen molar-refractivity contribution in [2.75, 3.05) is 14.2 Å². The van der Waals surface area contributed by atoms with Gasteiger partial charge < -0.3 is 19.9 Å². The summed E-state index contributed by atoms with van der Waals surface area (Å²) < 4.78 is 10.4. The Morgan fingerprint density at radius 1 is 1.23 bits per heavy atom. The quantitative estimate of drug-likeness (QED) is 0.568. The summed E-state index contributed by atoms with van der Waals surface area (Å²) in [5, 5.41) is 13.8. The average molecular weight is 417 g/mol. The van der Waals surface area contributed by atoms with Crippen LogP contribution in [0.3, 0.4) is 0 Å². The molecule has 31 heavy (non-hydrogen) atoms. The van der Waals surface area contributed by atoms with E-state index in [1.807, 2.05) is 18.2 Å².